The van der Waals surface area contributed by atoms with Crippen LogP contribution in [-0.4, -0.2) is 30.8 Å². The minimum absolute atomic E-state index is 0.0704. The zero-order valence-electron chi connectivity index (χ0n) is 20.9. The Balaban J connectivity index is 0. The summed E-state index contributed by atoms with van der Waals surface area (Å²) in [6.45, 7) is 21.2. The second-order valence-corrected chi connectivity index (χ2v) is 6.98. The molecule has 2 atom stereocenters. The van der Waals surface area contributed by atoms with E-state index in [4.69, 9.17) is 12.8 Å². The van der Waals surface area contributed by atoms with Crippen LogP contribution in [0.25, 0.3) is 0 Å². The lowest BCUT2D eigenvalue weighted by molar-refractivity contribution is -0.130. The van der Waals surface area contributed by atoms with Crippen LogP contribution in [0.5, 0.6) is 0 Å². The lowest BCUT2D eigenvalue weighted by Gasteiger charge is -2.35. The SMILES string of the molecule is C#CC(=C)/C(=C\C=C)CC1CN(C)CC(CC(/C=C\C)=C(\C#C)CC)C1=O.CC.CC. The van der Waals surface area contributed by atoms with Crippen molar-refractivity contribution in [2.24, 2.45) is 11.8 Å². The highest BCUT2D eigenvalue weighted by Gasteiger charge is 2.34. The van der Waals surface area contributed by atoms with Crippen LogP contribution in [0.15, 0.2) is 59.8 Å². The molecule has 1 aliphatic rings. The summed E-state index contributed by atoms with van der Waals surface area (Å²) >= 11 is 0. The Hall–Kier alpha value is -2.55. The first-order valence-electron chi connectivity index (χ1n) is 11.4. The summed E-state index contributed by atoms with van der Waals surface area (Å²) in [5.74, 6) is 5.47. The minimum atomic E-state index is -0.104. The largest absolute Gasteiger partial charge is 0.305 e. The number of carbonyl (C=O) groups is 1. The second-order valence-electron chi connectivity index (χ2n) is 6.98. The molecular formula is C29H43NO. The Morgan fingerprint density at radius 1 is 1.13 bits per heavy atom. The van der Waals surface area contributed by atoms with E-state index >= 15 is 0 Å². The number of nitrogens with zero attached hydrogens (tertiary/aromatic N) is 1. The number of piperidine rings is 1. The number of ketones is 1. The number of rotatable bonds is 8. The maximum Gasteiger partial charge on any atom is 0.142 e. The van der Waals surface area contributed by atoms with E-state index in [0.717, 1.165) is 36.2 Å². The van der Waals surface area contributed by atoms with Crippen LogP contribution < -0.4 is 0 Å². The number of carbonyl (C=O) groups excluding carboxylic acids is 1. The van der Waals surface area contributed by atoms with E-state index in [0.29, 0.717) is 18.4 Å². The van der Waals surface area contributed by atoms with Crippen LogP contribution in [-0.2, 0) is 4.79 Å². The molecule has 0 aliphatic carbocycles. The zero-order chi connectivity index (χ0) is 24.4. The Labute approximate surface area is 192 Å². The molecule has 1 aliphatic heterocycles. The Morgan fingerprint density at radius 3 is 2.10 bits per heavy atom. The number of hydrogen-bond acceptors (Lipinski definition) is 2. The van der Waals surface area contributed by atoms with Gasteiger partial charge in [-0.2, -0.15) is 0 Å². The van der Waals surface area contributed by atoms with Crippen LogP contribution in [0.4, 0.5) is 0 Å². The van der Waals surface area contributed by atoms with Gasteiger partial charge in [-0.1, -0.05) is 83.9 Å². The summed E-state index contributed by atoms with van der Waals surface area (Å²) in [4.78, 5) is 15.4. The molecule has 0 saturated carbocycles. The summed E-state index contributed by atoms with van der Waals surface area (Å²) in [7, 11) is 2.06. The molecule has 0 spiro atoms. The van der Waals surface area contributed by atoms with Crippen LogP contribution in [0.2, 0.25) is 0 Å². The van der Waals surface area contributed by atoms with E-state index in [2.05, 4.69) is 36.9 Å². The van der Waals surface area contributed by atoms with Gasteiger partial charge in [0.25, 0.3) is 0 Å². The van der Waals surface area contributed by atoms with Gasteiger partial charge in [0.1, 0.15) is 5.78 Å². The van der Waals surface area contributed by atoms with E-state index < -0.39 is 0 Å². The number of likely N-dealkylation sites (tertiary alicyclic amines) is 1. The summed E-state index contributed by atoms with van der Waals surface area (Å²) in [5, 5.41) is 0. The third-order valence-electron chi connectivity index (χ3n) is 4.97. The summed E-state index contributed by atoms with van der Waals surface area (Å²) in [6.07, 6.45) is 20.8. The highest BCUT2D eigenvalue weighted by Crippen LogP contribution is 2.30. The van der Waals surface area contributed by atoms with Gasteiger partial charge in [0.15, 0.2) is 0 Å². The average molecular weight is 422 g/mol. The van der Waals surface area contributed by atoms with E-state index in [1.54, 1.807) is 6.08 Å². The Kier molecular flexibility index (Phi) is 18.0. The lowest BCUT2D eigenvalue weighted by Crippen LogP contribution is -2.45. The van der Waals surface area contributed by atoms with Crippen molar-refractivity contribution in [3.63, 3.8) is 0 Å². The third kappa shape index (κ3) is 10.3. The monoisotopic (exact) mass is 421 g/mol. The predicted molar refractivity (Wildman–Crippen MR) is 139 cm³/mol. The van der Waals surface area contributed by atoms with Crippen molar-refractivity contribution in [3.05, 3.63) is 59.8 Å². The fraction of sp³-hybridized carbons (Fsp3) is 0.483. The Bertz CT molecular complexity index is 749. The van der Waals surface area contributed by atoms with Crippen LogP contribution in [0.1, 0.15) is 60.8 Å². The lowest BCUT2D eigenvalue weighted by atomic mass is 9.79. The molecule has 31 heavy (non-hydrogen) atoms. The minimum Gasteiger partial charge on any atom is -0.305 e. The summed E-state index contributed by atoms with van der Waals surface area (Å²) in [5.41, 5.74) is 3.58. The molecule has 0 radical (unpaired) electrons. The van der Waals surface area contributed by atoms with E-state index in [9.17, 15) is 4.79 Å². The first-order chi connectivity index (χ1) is 14.9. The molecule has 1 saturated heterocycles. The number of Topliss-reactive ketones (excluding diaryl/α,β-unsaturated/α-hetero) is 1. The average Bonchev–Trinajstić information content (AvgIpc) is 2.79. The van der Waals surface area contributed by atoms with Gasteiger partial charge in [0.2, 0.25) is 0 Å². The topological polar surface area (TPSA) is 20.3 Å². The normalized spacial score (nSPS) is 19.6. The quantitative estimate of drug-likeness (QED) is 0.318. The first kappa shape index (κ1) is 30.6. The first-order valence-corrected chi connectivity index (χ1v) is 11.4. The maximum absolute atomic E-state index is 13.2. The third-order valence-corrected chi connectivity index (χ3v) is 4.97. The van der Waals surface area contributed by atoms with Gasteiger partial charge in [0, 0.05) is 36.1 Å². The van der Waals surface area contributed by atoms with Crippen molar-refractivity contribution < 1.29 is 4.79 Å². The van der Waals surface area contributed by atoms with Gasteiger partial charge >= 0.3 is 0 Å². The molecule has 0 bridgehead atoms. The van der Waals surface area contributed by atoms with Gasteiger partial charge in [-0.15, -0.1) is 12.8 Å². The van der Waals surface area contributed by atoms with Crippen LogP contribution in [0.3, 0.4) is 0 Å². The van der Waals surface area contributed by atoms with Crippen molar-refractivity contribution >= 4 is 5.78 Å². The molecule has 1 fully saturated rings. The fourth-order valence-electron chi connectivity index (χ4n) is 3.64. The van der Waals surface area contributed by atoms with Crippen molar-refractivity contribution in [3.8, 4) is 24.7 Å². The molecule has 0 amide bonds. The van der Waals surface area contributed by atoms with Crippen LogP contribution >= 0.6 is 0 Å². The number of terminal acetylenes is 2. The molecule has 2 nitrogen and oxygen atoms in total. The Morgan fingerprint density at radius 2 is 1.68 bits per heavy atom. The standard InChI is InChI=1S/C25H31NO.2C2H6/c1-8-13-21(19(6)10-3)15-23-17-26(7)18-24(25(23)27)16-22(14-9-2)20(11-4)12-5;2*1-2/h3-4,8-9,13-14,23-24H,1,6,12,15-18H2,2,5,7H3;2*1-2H3/b14-9-,21-13-,22-20+;;. The predicted octanol–water partition coefficient (Wildman–Crippen LogP) is 6.78. The van der Waals surface area contributed by atoms with Crippen molar-refractivity contribution in [2.45, 2.75) is 60.8 Å². The van der Waals surface area contributed by atoms with Crippen molar-refractivity contribution in [1.82, 2.24) is 4.90 Å². The van der Waals surface area contributed by atoms with Crippen molar-refractivity contribution in [1.29, 1.82) is 0 Å². The number of hydrogen-bond donors (Lipinski definition) is 0. The summed E-state index contributed by atoms with van der Waals surface area (Å²) in [6, 6.07) is 0. The van der Waals surface area contributed by atoms with E-state index in [1.807, 2.05) is 59.8 Å². The molecule has 170 valence electrons. The molecule has 0 aromatic heterocycles. The van der Waals surface area contributed by atoms with Crippen molar-refractivity contribution in [2.75, 3.05) is 20.1 Å². The highest BCUT2D eigenvalue weighted by molar-refractivity contribution is 5.85. The fourth-order valence-corrected chi connectivity index (χ4v) is 3.64. The van der Waals surface area contributed by atoms with E-state index in [-0.39, 0.29) is 17.6 Å². The van der Waals surface area contributed by atoms with Gasteiger partial charge in [0.05, 0.1) is 0 Å². The molecule has 0 N–H and O–H groups in total. The smallest absolute Gasteiger partial charge is 0.142 e. The van der Waals surface area contributed by atoms with Crippen LogP contribution in [0, 0.1) is 36.5 Å². The second kappa shape index (κ2) is 18.2. The molecular weight excluding hydrogens is 378 g/mol. The zero-order valence-corrected chi connectivity index (χ0v) is 20.9. The molecule has 0 aromatic carbocycles. The molecule has 1 rings (SSSR count). The van der Waals surface area contributed by atoms with Gasteiger partial charge < -0.3 is 4.90 Å². The van der Waals surface area contributed by atoms with Gasteiger partial charge in [-0.3, -0.25) is 4.79 Å². The van der Waals surface area contributed by atoms with Gasteiger partial charge in [-0.05, 0) is 44.4 Å². The number of allylic oxidation sites excluding steroid dienone is 8. The highest BCUT2D eigenvalue weighted by atomic mass is 16.1. The maximum atomic E-state index is 13.2. The summed E-state index contributed by atoms with van der Waals surface area (Å²) < 4.78 is 0. The molecule has 2 unspecified atom stereocenters. The van der Waals surface area contributed by atoms with Gasteiger partial charge in [-0.25, -0.2) is 0 Å². The molecule has 1 heterocycles. The molecule has 0 aromatic rings. The molecule has 2 heteroatoms. The van der Waals surface area contributed by atoms with E-state index in [1.165, 1.54) is 0 Å².